The zero-order valence-electron chi connectivity index (χ0n) is 12.6. The first-order valence-electron chi connectivity index (χ1n) is 6.84. The van der Waals surface area contributed by atoms with Gasteiger partial charge in [-0.2, -0.15) is 0 Å². The molecule has 0 aliphatic heterocycles. The second-order valence-electron chi connectivity index (χ2n) is 5.53. The summed E-state index contributed by atoms with van der Waals surface area (Å²) in [5, 5.41) is 0. The number of hydrogen-bond acceptors (Lipinski definition) is 3. The molecule has 0 saturated heterocycles. The Balaban J connectivity index is 3.14. The number of carbonyl (C=O) groups is 1. The van der Waals surface area contributed by atoms with Crippen LogP contribution in [0.2, 0.25) is 0 Å². The molecule has 0 aliphatic carbocycles. The van der Waals surface area contributed by atoms with Gasteiger partial charge in [0.15, 0.2) is 0 Å². The fraction of sp³-hybridized carbons (Fsp3) is 0.562. The summed E-state index contributed by atoms with van der Waals surface area (Å²) in [4.78, 5) is 12.0. The maximum Gasteiger partial charge on any atom is 0.341 e. The van der Waals surface area contributed by atoms with E-state index in [0.717, 1.165) is 12.0 Å². The van der Waals surface area contributed by atoms with Crippen LogP contribution in [0, 0.1) is 0 Å². The molecule has 0 amide bonds. The molecule has 0 fully saturated rings. The van der Waals surface area contributed by atoms with Crippen LogP contribution in [-0.4, -0.2) is 19.2 Å². The van der Waals surface area contributed by atoms with Crippen molar-refractivity contribution in [1.29, 1.82) is 0 Å². The van der Waals surface area contributed by atoms with Crippen molar-refractivity contribution in [1.82, 2.24) is 0 Å². The predicted molar refractivity (Wildman–Crippen MR) is 76.9 cm³/mol. The van der Waals surface area contributed by atoms with Gasteiger partial charge in [0, 0.05) is 0 Å². The van der Waals surface area contributed by atoms with Crippen molar-refractivity contribution in [2.24, 2.45) is 0 Å². The van der Waals surface area contributed by atoms with Crippen LogP contribution < -0.4 is 4.74 Å². The molecule has 106 valence electrons. The Labute approximate surface area is 115 Å². The number of benzene rings is 1. The zero-order chi connectivity index (χ0) is 14.5. The molecule has 0 unspecified atom stereocenters. The molecule has 0 N–H and O–H groups in total. The number of ether oxygens (including phenoxy) is 2. The summed E-state index contributed by atoms with van der Waals surface area (Å²) in [6, 6.07) is 5.75. The first-order chi connectivity index (χ1) is 8.90. The smallest absolute Gasteiger partial charge is 0.341 e. The summed E-state index contributed by atoms with van der Waals surface area (Å²) in [6.07, 6.45) is 0.906. The highest BCUT2D eigenvalue weighted by atomic mass is 16.5. The van der Waals surface area contributed by atoms with Gasteiger partial charge in [0.1, 0.15) is 11.3 Å². The van der Waals surface area contributed by atoms with Crippen molar-refractivity contribution in [3.05, 3.63) is 29.3 Å². The van der Waals surface area contributed by atoms with Gasteiger partial charge in [0.05, 0.1) is 13.2 Å². The van der Waals surface area contributed by atoms with Crippen LogP contribution in [0.3, 0.4) is 0 Å². The lowest BCUT2D eigenvalue weighted by Crippen LogP contribution is -2.14. The summed E-state index contributed by atoms with van der Waals surface area (Å²) < 4.78 is 10.7. The van der Waals surface area contributed by atoms with Crippen LogP contribution in [0.1, 0.15) is 57.0 Å². The largest absolute Gasteiger partial charge is 0.493 e. The Morgan fingerprint density at radius 2 is 1.89 bits per heavy atom. The predicted octanol–water partition coefficient (Wildman–Crippen LogP) is 3.95. The molecule has 3 nitrogen and oxygen atoms in total. The molecule has 1 aromatic carbocycles. The minimum Gasteiger partial charge on any atom is -0.493 e. The molecule has 0 aliphatic rings. The molecule has 1 aromatic rings. The lowest BCUT2D eigenvalue weighted by Gasteiger charge is -2.21. The van der Waals surface area contributed by atoms with E-state index in [0.29, 0.717) is 24.5 Å². The maximum atomic E-state index is 12.0. The second kappa shape index (κ2) is 6.60. The van der Waals surface area contributed by atoms with E-state index in [2.05, 4.69) is 20.8 Å². The quantitative estimate of drug-likeness (QED) is 0.755. The van der Waals surface area contributed by atoms with Crippen LogP contribution in [0.15, 0.2) is 18.2 Å². The maximum absolute atomic E-state index is 12.0. The van der Waals surface area contributed by atoms with Gasteiger partial charge in [-0.15, -0.1) is 0 Å². The second-order valence-corrected chi connectivity index (χ2v) is 5.53. The lowest BCUT2D eigenvalue weighted by atomic mass is 9.86. The van der Waals surface area contributed by atoms with Crippen LogP contribution in [0.25, 0.3) is 0 Å². The Morgan fingerprint density at radius 1 is 1.21 bits per heavy atom. The third-order valence-corrected chi connectivity index (χ3v) is 2.80. The third-order valence-electron chi connectivity index (χ3n) is 2.80. The molecule has 0 spiro atoms. The van der Waals surface area contributed by atoms with E-state index >= 15 is 0 Å². The van der Waals surface area contributed by atoms with Gasteiger partial charge in [-0.1, -0.05) is 33.8 Å². The molecule has 0 radical (unpaired) electrons. The Bertz CT molecular complexity index is 430. The van der Waals surface area contributed by atoms with Crippen LogP contribution in [-0.2, 0) is 10.2 Å². The molecular weight excluding hydrogens is 240 g/mol. The highest BCUT2D eigenvalue weighted by Gasteiger charge is 2.20. The van der Waals surface area contributed by atoms with E-state index < -0.39 is 0 Å². The van der Waals surface area contributed by atoms with Crippen molar-refractivity contribution >= 4 is 5.97 Å². The van der Waals surface area contributed by atoms with Gasteiger partial charge < -0.3 is 9.47 Å². The molecule has 3 heteroatoms. The summed E-state index contributed by atoms with van der Waals surface area (Å²) in [5.41, 5.74) is 1.60. The third kappa shape index (κ3) is 4.27. The zero-order valence-corrected chi connectivity index (χ0v) is 12.6. The summed E-state index contributed by atoms with van der Waals surface area (Å²) >= 11 is 0. The van der Waals surface area contributed by atoms with E-state index in [1.165, 1.54) is 0 Å². The topological polar surface area (TPSA) is 35.5 Å². The molecule has 0 heterocycles. The average molecular weight is 264 g/mol. The number of esters is 1. The summed E-state index contributed by atoms with van der Waals surface area (Å²) in [5.74, 6) is 0.285. The van der Waals surface area contributed by atoms with E-state index in [1.807, 2.05) is 25.1 Å². The standard InChI is InChI=1S/C16H24O3/c1-6-10-19-14-9-8-12(16(3,4)5)11-13(14)15(17)18-7-2/h8-9,11H,6-7,10H2,1-5H3. The average Bonchev–Trinajstić information content (AvgIpc) is 2.35. The molecule has 0 bridgehead atoms. The number of rotatable bonds is 5. The van der Waals surface area contributed by atoms with Crippen molar-refractivity contribution in [3.8, 4) is 5.75 Å². The molecule has 0 saturated carbocycles. The Kier molecular flexibility index (Phi) is 5.40. The van der Waals surface area contributed by atoms with Gasteiger partial charge in [-0.05, 0) is 36.5 Å². The lowest BCUT2D eigenvalue weighted by molar-refractivity contribution is 0.0521. The number of hydrogen-bond donors (Lipinski definition) is 0. The molecular formula is C16H24O3. The SMILES string of the molecule is CCCOc1ccc(C(C)(C)C)cc1C(=O)OCC. The monoisotopic (exact) mass is 264 g/mol. The Morgan fingerprint density at radius 3 is 2.42 bits per heavy atom. The molecule has 0 atom stereocenters. The van der Waals surface area contributed by atoms with Crippen LogP contribution in [0.4, 0.5) is 0 Å². The van der Waals surface area contributed by atoms with Gasteiger partial charge in [-0.25, -0.2) is 4.79 Å². The van der Waals surface area contributed by atoms with Crippen molar-refractivity contribution in [2.45, 2.75) is 46.5 Å². The van der Waals surface area contributed by atoms with E-state index in [4.69, 9.17) is 9.47 Å². The van der Waals surface area contributed by atoms with E-state index in [1.54, 1.807) is 6.92 Å². The minimum atomic E-state index is -0.320. The highest BCUT2D eigenvalue weighted by molar-refractivity contribution is 5.92. The summed E-state index contributed by atoms with van der Waals surface area (Å²) in [7, 11) is 0. The highest BCUT2D eigenvalue weighted by Crippen LogP contribution is 2.28. The normalized spacial score (nSPS) is 11.2. The van der Waals surface area contributed by atoms with Crippen molar-refractivity contribution in [3.63, 3.8) is 0 Å². The van der Waals surface area contributed by atoms with Crippen LogP contribution in [0.5, 0.6) is 5.75 Å². The fourth-order valence-electron chi connectivity index (χ4n) is 1.70. The van der Waals surface area contributed by atoms with Gasteiger partial charge in [-0.3, -0.25) is 0 Å². The van der Waals surface area contributed by atoms with Crippen molar-refractivity contribution < 1.29 is 14.3 Å². The fourth-order valence-corrected chi connectivity index (χ4v) is 1.70. The first-order valence-corrected chi connectivity index (χ1v) is 6.84. The van der Waals surface area contributed by atoms with Crippen LogP contribution >= 0.6 is 0 Å². The van der Waals surface area contributed by atoms with Gasteiger partial charge in [0.25, 0.3) is 0 Å². The van der Waals surface area contributed by atoms with Crippen molar-refractivity contribution in [2.75, 3.05) is 13.2 Å². The molecule has 0 aromatic heterocycles. The summed E-state index contributed by atoms with van der Waals surface area (Å²) in [6.45, 7) is 11.1. The van der Waals surface area contributed by atoms with E-state index in [-0.39, 0.29) is 11.4 Å². The van der Waals surface area contributed by atoms with Gasteiger partial charge >= 0.3 is 5.97 Å². The van der Waals surface area contributed by atoms with E-state index in [9.17, 15) is 4.79 Å². The minimum absolute atomic E-state index is 0.00939. The first kappa shape index (κ1) is 15.5. The molecule has 1 rings (SSSR count). The Hall–Kier alpha value is -1.51. The molecule has 19 heavy (non-hydrogen) atoms. The number of carbonyl (C=O) groups excluding carboxylic acids is 1. The van der Waals surface area contributed by atoms with Gasteiger partial charge in [0.2, 0.25) is 0 Å².